The van der Waals surface area contributed by atoms with Crippen LogP contribution in [0.25, 0.3) is 0 Å². The molecule has 2 aliphatic heterocycles. The van der Waals surface area contributed by atoms with E-state index >= 15 is 0 Å². The van der Waals surface area contributed by atoms with Crippen LogP contribution in [0.1, 0.15) is 60.9 Å². The summed E-state index contributed by atoms with van der Waals surface area (Å²) < 4.78 is 6.22. The van der Waals surface area contributed by atoms with Gasteiger partial charge in [-0.2, -0.15) is 0 Å². The van der Waals surface area contributed by atoms with Crippen LogP contribution in [-0.4, -0.2) is 54.4 Å². The molecule has 3 fully saturated rings. The van der Waals surface area contributed by atoms with Crippen molar-refractivity contribution in [1.82, 2.24) is 9.80 Å². The maximum Gasteiger partial charge on any atom is 0.257 e. The van der Waals surface area contributed by atoms with Crippen LogP contribution in [-0.2, 0) is 10.2 Å². The van der Waals surface area contributed by atoms with E-state index in [0.29, 0.717) is 17.9 Å². The summed E-state index contributed by atoms with van der Waals surface area (Å²) in [7, 11) is 0. The van der Waals surface area contributed by atoms with Gasteiger partial charge in [0.2, 0.25) is 5.91 Å². The number of amides is 2. The van der Waals surface area contributed by atoms with Crippen molar-refractivity contribution in [2.45, 2.75) is 50.4 Å². The van der Waals surface area contributed by atoms with Crippen LogP contribution in [0.15, 0.2) is 54.6 Å². The number of carbonyl (C=O) groups is 2. The molecule has 2 heterocycles. The van der Waals surface area contributed by atoms with Crippen LogP contribution in [0, 0.1) is 5.92 Å². The third kappa shape index (κ3) is 4.64. The number of hydrogen-bond donors (Lipinski definition) is 0. The zero-order valence-corrected chi connectivity index (χ0v) is 19.4. The minimum atomic E-state index is -0.308. The van der Waals surface area contributed by atoms with Crippen molar-refractivity contribution in [2.24, 2.45) is 5.92 Å². The van der Waals surface area contributed by atoms with E-state index in [1.165, 1.54) is 6.42 Å². The normalized spacial score (nSPS) is 22.0. The molecule has 1 saturated carbocycles. The fourth-order valence-electron chi connectivity index (χ4n) is 5.44. The summed E-state index contributed by atoms with van der Waals surface area (Å²) in [6.45, 7) is 3.75. The molecule has 5 heteroatoms. The summed E-state index contributed by atoms with van der Waals surface area (Å²) in [5, 5.41) is 0. The lowest BCUT2D eigenvalue weighted by Crippen LogP contribution is -2.46. The van der Waals surface area contributed by atoms with E-state index in [0.717, 1.165) is 70.3 Å². The van der Waals surface area contributed by atoms with E-state index in [1.54, 1.807) is 0 Å². The number of para-hydroxylation sites is 1. The fourth-order valence-corrected chi connectivity index (χ4v) is 5.44. The summed E-state index contributed by atoms with van der Waals surface area (Å²) in [6.07, 6.45) is 7.28. The molecule has 0 N–H and O–H groups in total. The lowest BCUT2D eigenvalue weighted by atomic mass is 9.91. The van der Waals surface area contributed by atoms with Gasteiger partial charge >= 0.3 is 0 Å². The summed E-state index contributed by atoms with van der Waals surface area (Å²) in [5.74, 6) is 1.30. The van der Waals surface area contributed by atoms with Crippen molar-refractivity contribution < 1.29 is 14.3 Å². The maximum absolute atomic E-state index is 13.5. The van der Waals surface area contributed by atoms with E-state index < -0.39 is 0 Å². The lowest BCUT2D eigenvalue weighted by molar-refractivity contribution is -0.136. The average Bonchev–Trinajstić information content (AvgIpc) is 3.70. The Bertz CT molecular complexity index is 980. The standard InChI is InChI=1S/C28H34N2O3/c31-26(29-17-7-2-8-18-29)24-13-5-6-14-25(24)33-21-22-10-9-19-30(20-22)27(32)28(15-16-28)23-11-3-1-4-12-23/h1,3-6,11-14,22H,2,7-10,15-21H2. The molecule has 1 aliphatic carbocycles. The van der Waals surface area contributed by atoms with Gasteiger partial charge in [0.1, 0.15) is 5.75 Å². The monoisotopic (exact) mass is 446 g/mol. The highest BCUT2D eigenvalue weighted by atomic mass is 16.5. The molecule has 2 saturated heterocycles. The number of carbonyl (C=O) groups excluding carboxylic acids is 2. The smallest absolute Gasteiger partial charge is 0.257 e. The number of nitrogens with zero attached hydrogens (tertiary/aromatic N) is 2. The summed E-state index contributed by atoms with van der Waals surface area (Å²) in [6, 6.07) is 17.8. The molecule has 2 aromatic carbocycles. The number of likely N-dealkylation sites (tertiary alicyclic amines) is 2. The van der Waals surface area contributed by atoms with Crippen molar-refractivity contribution in [3.63, 3.8) is 0 Å². The summed E-state index contributed by atoms with van der Waals surface area (Å²) >= 11 is 0. The van der Waals surface area contributed by atoms with Gasteiger partial charge in [0, 0.05) is 32.1 Å². The topological polar surface area (TPSA) is 49.9 Å². The van der Waals surface area contributed by atoms with Crippen LogP contribution in [0.5, 0.6) is 5.75 Å². The number of benzene rings is 2. The molecule has 2 aromatic rings. The zero-order valence-electron chi connectivity index (χ0n) is 19.4. The van der Waals surface area contributed by atoms with Gasteiger partial charge in [0.15, 0.2) is 0 Å². The van der Waals surface area contributed by atoms with Crippen molar-refractivity contribution in [3.05, 3.63) is 65.7 Å². The number of piperidine rings is 2. The van der Waals surface area contributed by atoms with Crippen molar-refractivity contribution >= 4 is 11.8 Å². The largest absolute Gasteiger partial charge is 0.492 e. The number of hydrogen-bond acceptors (Lipinski definition) is 3. The Morgan fingerprint density at radius 3 is 2.30 bits per heavy atom. The van der Waals surface area contributed by atoms with E-state index in [1.807, 2.05) is 47.4 Å². The Morgan fingerprint density at radius 1 is 0.848 bits per heavy atom. The molecule has 0 radical (unpaired) electrons. The second-order valence-electron chi connectivity index (χ2n) is 9.87. The van der Waals surface area contributed by atoms with E-state index in [-0.39, 0.29) is 23.1 Å². The van der Waals surface area contributed by atoms with Crippen LogP contribution in [0.4, 0.5) is 0 Å². The summed E-state index contributed by atoms with van der Waals surface area (Å²) in [5.41, 5.74) is 1.50. The van der Waals surface area contributed by atoms with Crippen LogP contribution in [0.3, 0.4) is 0 Å². The Morgan fingerprint density at radius 2 is 1.55 bits per heavy atom. The molecule has 174 valence electrons. The first-order valence-electron chi connectivity index (χ1n) is 12.5. The SMILES string of the molecule is O=C(c1ccccc1OCC1CCCN(C(=O)C2(c3ccccc3)CC2)C1)N1CCCCC1. The van der Waals surface area contributed by atoms with Crippen molar-refractivity contribution in [1.29, 1.82) is 0 Å². The maximum atomic E-state index is 13.5. The molecule has 1 atom stereocenters. The zero-order chi connectivity index (χ0) is 22.7. The van der Waals surface area contributed by atoms with Crippen LogP contribution >= 0.6 is 0 Å². The van der Waals surface area contributed by atoms with Gasteiger partial charge in [-0.15, -0.1) is 0 Å². The predicted octanol–water partition coefficient (Wildman–Crippen LogP) is 4.66. The highest BCUT2D eigenvalue weighted by Gasteiger charge is 2.53. The lowest BCUT2D eigenvalue weighted by Gasteiger charge is -2.35. The minimum absolute atomic E-state index is 0.0734. The van der Waals surface area contributed by atoms with Crippen LogP contribution in [0.2, 0.25) is 0 Å². The second-order valence-corrected chi connectivity index (χ2v) is 9.87. The first-order valence-corrected chi connectivity index (χ1v) is 12.5. The van der Waals surface area contributed by atoms with Gasteiger partial charge in [-0.3, -0.25) is 9.59 Å². The van der Waals surface area contributed by atoms with Gasteiger partial charge in [0.05, 0.1) is 17.6 Å². The molecule has 5 rings (SSSR count). The molecule has 0 aromatic heterocycles. The molecule has 3 aliphatic rings. The average molecular weight is 447 g/mol. The number of rotatable bonds is 6. The molecular formula is C28H34N2O3. The molecule has 0 bridgehead atoms. The van der Waals surface area contributed by atoms with E-state index in [2.05, 4.69) is 17.0 Å². The molecule has 2 amide bonds. The van der Waals surface area contributed by atoms with Gasteiger partial charge < -0.3 is 14.5 Å². The first-order chi connectivity index (χ1) is 16.2. The summed E-state index contributed by atoms with van der Waals surface area (Å²) in [4.78, 5) is 30.5. The highest BCUT2D eigenvalue weighted by molar-refractivity contribution is 5.97. The Labute approximate surface area is 196 Å². The molecule has 33 heavy (non-hydrogen) atoms. The second kappa shape index (κ2) is 9.58. The quantitative estimate of drug-likeness (QED) is 0.648. The fraction of sp³-hybridized carbons (Fsp3) is 0.500. The third-order valence-corrected chi connectivity index (χ3v) is 7.53. The Hall–Kier alpha value is -2.82. The highest BCUT2D eigenvalue weighted by Crippen LogP contribution is 2.50. The molecule has 5 nitrogen and oxygen atoms in total. The van der Waals surface area contributed by atoms with Crippen LogP contribution < -0.4 is 4.74 Å². The van der Waals surface area contributed by atoms with Crippen molar-refractivity contribution in [3.8, 4) is 5.75 Å². The molecule has 0 spiro atoms. The van der Waals surface area contributed by atoms with E-state index in [4.69, 9.17) is 4.74 Å². The molecule has 1 unspecified atom stereocenters. The Balaban J connectivity index is 1.22. The third-order valence-electron chi connectivity index (χ3n) is 7.53. The van der Waals surface area contributed by atoms with Gasteiger partial charge in [-0.05, 0) is 62.6 Å². The van der Waals surface area contributed by atoms with Gasteiger partial charge in [-0.25, -0.2) is 0 Å². The van der Waals surface area contributed by atoms with Gasteiger partial charge in [0.25, 0.3) is 5.91 Å². The van der Waals surface area contributed by atoms with Gasteiger partial charge in [-0.1, -0.05) is 42.5 Å². The van der Waals surface area contributed by atoms with E-state index in [9.17, 15) is 9.59 Å². The predicted molar refractivity (Wildman–Crippen MR) is 128 cm³/mol. The first kappa shape index (κ1) is 22.0. The van der Waals surface area contributed by atoms with Crippen molar-refractivity contribution in [2.75, 3.05) is 32.8 Å². The Kier molecular flexibility index (Phi) is 6.39. The molecular weight excluding hydrogens is 412 g/mol. The minimum Gasteiger partial charge on any atom is -0.492 e. The number of ether oxygens (including phenoxy) is 1.